The standard InChI is InChI=1S/C21H27N3O/c1-21(11-12-24(2)20(22)23-21)10-9-16-5-3-7-18(13-16)19-8-4-6-17(14-19)15-25/h3-8,13-14,25H,9-12,15H2,1-2H3,(H2,22,23). The smallest absolute Gasteiger partial charge is 0.191 e. The number of aryl methyl sites for hydroxylation is 1. The Morgan fingerprint density at radius 2 is 1.76 bits per heavy atom. The summed E-state index contributed by atoms with van der Waals surface area (Å²) in [6.45, 7) is 3.22. The van der Waals surface area contributed by atoms with E-state index in [1.165, 1.54) is 11.1 Å². The van der Waals surface area contributed by atoms with E-state index in [1.54, 1.807) is 0 Å². The fourth-order valence-corrected chi connectivity index (χ4v) is 3.29. The highest BCUT2D eigenvalue weighted by molar-refractivity contribution is 5.78. The summed E-state index contributed by atoms with van der Waals surface area (Å²) in [4.78, 5) is 6.72. The Morgan fingerprint density at radius 1 is 1.12 bits per heavy atom. The van der Waals surface area contributed by atoms with Crippen LogP contribution >= 0.6 is 0 Å². The summed E-state index contributed by atoms with van der Waals surface area (Å²) in [5.74, 6) is 0.642. The van der Waals surface area contributed by atoms with E-state index in [0.29, 0.717) is 5.96 Å². The third kappa shape index (κ3) is 4.20. The Bertz CT molecular complexity index is 771. The summed E-state index contributed by atoms with van der Waals surface area (Å²) < 4.78 is 0. The van der Waals surface area contributed by atoms with Crippen molar-refractivity contribution in [2.45, 2.75) is 38.3 Å². The van der Waals surface area contributed by atoms with Crippen molar-refractivity contribution in [3.8, 4) is 11.1 Å². The van der Waals surface area contributed by atoms with Gasteiger partial charge in [0.2, 0.25) is 0 Å². The zero-order chi connectivity index (χ0) is 17.9. The van der Waals surface area contributed by atoms with Gasteiger partial charge < -0.3 is 15.7 Å². The van der Waals surface area contributed by atoms with Gasteiger partial charge in [-0.25, -0.2) is 4.99 Å². The number of aliphatic hydroxyl groups excluding tert-OH is 1. The van der Waals surface area contributed by atoms with Gasteiger partial charge in [-0.15, -0.1) is 0 Å². The van der Waals surface area contributed by atoms with Crippen molar-refractivity contribution in [3.05, 3.63) is 59.7 Å². The van der Waals surface area contributed by atoms with Crippen molar-refractivity contribution in [2.75, 3.05) is 13.6 Å². The van der Waals surface area contributed by atoms with E-state index in [4.69, 9.17) is 10.7 Å². The first kappa shape index (κ1) is 17.5. The van der Waals surface area contributed by atoms with Gasteiger partial charge in [-0.1, -0.05) is 42.5 Å². The van der Waals surface area contributed by atoms with E-state index in [1.807, 2.05) is 30.1 Å². The molecule has 0 bridgehead atoms. The predicted octanol–water partition coefficient (Wildman–Crippen LogP) is 3.19. The van der Waals surface area contributed by atoms with Crippen LogP contribution in [0.25, 0.3) is 11.1 Å². The number of nitrogens with zero attached hydrogens (tertiary/aromatic N) is 2. The summed E-state index contributed by atoms with van der Waals surface area (Å²) >= 11 is 0. The summed E-state index contributed by atoms with van der Waals surface area (Å²) in [5, 5.41) is 9.33. The van der Waals surface area contributed by atoms with Gasteiger partial charge in [0.25, 0.3) is 0 Å². The largest absolute Gasteiger partial charge is 0.392 e. The van der Waals surface area contributed by atoms with E-state index in [0.717, 1.165) is 36.9 Å². The first-order valence-electron chi connectivity index (χ1n) is 8.85. The Labute approximate surface area is 150 Å². The maximum atomic E-state index is 9.33. The molecule has 0 aliphatic carbocycles. The van der Waals surface area contributed by atoms with Gasteiger partial charge in [-0.3, -0.25) is 0 Å². The zero-order valence-corrected chi connectivity index (χ0v) is 15.1. The minimum Gasteiger partial charge on any atom is -0.392 e. The van der Waals surface area contributed by atoms with Crippen LogP contribution in [0.1, 0.15) is 30.9 Å². The Hall–Kier alpha value is -2.33. The maximum Gasteiger partial charge on any atom is 0.191 e. The number of hydrogen-bond acceptors (Lipinski definition) is 4. The van der Waals surface area contributed by atoms with Crippen molar-refractivity contribution >= 4 is 5.96 Å². The highest BCUT2D eigenvalue weighted by Gasteiger charge is 2.28. The molecule has 2 aromatic rings. The van der Waals surface area contributed by atoms with Gasteiger partial charge in [-0.2, -0.15) is 0 Å². The quantitative estimate of drug-likeness (QED) is 0.881. The molecule has 1 heterocycles. The van der Waals surface area contributed by atoms with Crippen molar-refractivity contribution in [3.63, 3.8) is 0 Å². The van der Waals surface area contributed by atoms with Gasteiger partial charge >= 0.3 is 0 Å². The second-order valence-corrected chi connectivity index (χ2v) is 7.20. The fraction of sp³-hybridized carbons (Fsp3) is 0.381. The van der Waals surface area contributed by atoms with Crippen molar-refractivity contribution < 1.29 is 5.11 Å². The minimum atomic E-state index is -0.0800. The first-order chi connectivity index (χ1) is 12.0. The normalized spacial score (nSPS) is 20.4. The second-order valence-electron chi connectivity index (χ2n) is 7.20. The topological polar surface area (TPSA) is 61.8 Å². The number of nitrogens with two attached hydrogens (primary N) is 1. The number of guanidine groups is 1. The molecule has 0 fully saturated rings. The Balaban J connectivity index is 1.74. The van der Waals surface area contributed by atoms with E-state index >= 15 is 0 Å². The van der Waals surface area contributed by atoms with Crippen LogP contribution in [-0.4, -0.2) is 35.1 Å². The van der Waals surface area contributed by atoms with Crippen molar-refractivity contribution in [1.29, 1.82) is 0 Å². The molecule has 0 spiro atoms. The molecule has 25 heavy (non-hydrogen) atoms. The summed E-state index contributed by atoms with van der Waals surface area (Å²) in [6, 6.07) is 16.7. The Kier molecular flexibility index (Phi) is 5.09. The van der Waals surface area contributed by atoms with Crippen LogP contribution in [0.2, 0.25) is 0 Å². The zero-order valence-electron chi connectivity index (χ0n) is 15.1. The highest BCUT2D eigenvalue weighted by atomic mass is 16.3. The molecule has 0 radical (unpaired) electrons. The van der Waals surface area contributed by atoms with Gasteiger partial charge in [0, 0.05) is 13.6 Å². The predicted molar refractivity (Wildman–Crippen MR) is 103 cm³/mol. The SMILES string of the molecule is CN1CCC(C)(CCc2cccc(-c3cccc(CO)c3)c2)N=C1N. The van der Waals surface area contributed by atoms with Crippen LogP contribution in [0.5, 0.6) is 0 Å². The van der Waals surface area contributed by atoms with Crippen molar-refractivity contribution in [2.24, 2.45) is 10.7 Å². The number of rotatable bonds is 5. The van der Waals surface area contributed by atoms with Crippen LogP contribution in [-0.2, 0) is 13.0 Å². The molecular weight excluding hydrogens is 310 g/mol. The fourth-order valence-electron chi connectivity index (χ4n) is 3.29. The van der Waals surface area contributed by atoms with Crippen LogP contribution in [0, 0.1) is 0 Å². The molecule has 1 atom stereocenters. The monoisotopic (exact) mass is 337 g/mol. The molecule has 3 rings (SSSR count). The maximum absolute atomic E-state index is 9.33. The molecule has 1 aliphatic heterocycles. The number of benzene rings is 2. The molecule has 2 aromatic carbocycles. The molecule has 4 nitrogen and oxygen atoms in total. The second kappa shape index (κ2) is 7.28. The average molecular weight is 337 g/mol. The molecule has 0 saturated heterocycles. The highest BCUT2D eigenvalue weighted by Crippen LogP contribution is 2.28. The molecule has 4 heteroatoms. The van der Waals surface area contributed by atoms with Gasteiger partial charge in [0.1, 0.15) is 0 Å². The lowest BCUT2D eigenvalue weighted by Crippen LogP contribution is -2.45. The lowest BCUT2D eigenvalue weighted by atomic mass is 9.89. The number of hydrogen-bond donors (Lipinski definition) is 2. The summed E-state index contributed by atoms with van der Waals surface area (Å²) in [5.41, 5.74) is 10.5. The summed E-state index contributed by atoms with van der Waals surface area (Å²) in [6.07, 6.45) is 2.99. The average Bonchev–Trinajstić information content (AvgIpc) is 2.64. The number of aliphatic imine (C=N–C) groups is 1. The molecule has 132 valence electrons. The first-order valence-corrected chi connectivity index (χ1v) is 8.85. The number of aliphatic hydroxyl groups is 1. The molecule has 1 aliphatic rings. The third-order valence-corrected chi connectivity index (χ3v) is 5.08. The molecular formula is C21H27N3O. The lowest BCUT2D eigenvalue weighted by Gasteiger charge is -2.34. The molecule has 0 saturated carbocycles. The van der Waals surface area contributed by atoms with E-state index < -0.39 is 0 Å². The van der Waals surface area contributed by atoms with Crippen LogP contribution in [0.3, 0.4) is 0 Å². The van der Waals surface area contributed by atoms with Crippen molar-refractivity contribution in [1.82, 2.24) is 4.90 Å². The van der Waals surface area contributed by atoms with Gasteiger partial charge in [-0.05, 0) is 54.5 Å². The molecule has 1 unspecified atom stereocenters. The summed E-state index contributed by atoms with van der Waals surface area (Å²) in [7, 11) is 1.99. The molecule has 0 aromatic heterocycles. The third-order valence-electron chi connectivity index (χ3n) is 5.08. The molecule has 0 amide bonds. The van der Waals surface area contributed by atoms with Crippen LogP contribution in [0.4, 0.5) is 0 Å². The van der Waals surface area contributed by atoms with Crippen LogP contribution < -0.4 is 5.73 Å². The van der Waals surface area contributed by atoms with E-state index in [2.05, 4.69) is 37.3 Å². The minimum absolute atomic E-state index is 0.0692. The van der Waals surface area contributed by atoms with Gasteiger partial charge in [0.05, 0.1) is 12.1 Å². The Morgan fingerprint density at radius 3 is 2.40 bits per heavy atom. The van der Waals surface area contributed by atoms with E-state index in [-0.39, 0.29) is 12.1 Å². The van der Waals surface area contributed by atoms with E-state index in [9.17, 15) is 5.11 Å². The lowest BCUT2D eigenvalue weighted by molar-refractivity contribution is 0.282. The molecule has 3 N–H and O–H groups in total. The van der Waals surface area contributed by atoms with Gasteiger partial charge in [0.15, 0.2) is 5.96 Å². The van der Waals surface area contributed by atoms with Crippen LogP contribution in [0.15, 0.2) is 53.5 Å².